The molecule has 0 atom stereocenters. The van der Waals surface area contributed by atoms with Gasteiger partial charge in [-0.2, -0.15) is 0 Å². The summed E-state index contributed by atoms with van der Waals surface area (Å²) in [4.78, 5) is 0. The number of hydrogen-bond donors (Lipinski definition) is 0. The van der Waals surface area contributed by atoms with E-state index in [2.05, 4.69) is 181 Å². The lowest BCUT2D eigenvalue weighted by atomic mass is 9.95. The Bertz CT molecular complexity index is 3230. The maximum Gasteiger partial charge on any atom is 0.136 e. The molecule has 3 nitrogen and oxygen atoms in total. The maximum atomic E-state index is 6.28. The van der Waals surface area contributed by atoms with Crippen LogP contribution >= 0.6 is 0 Å². The molecule has 53 heavy (non-hydrogen) atoms. The van der Waals surface area contributed by atoms with Crippen LogP contribution in [0.3, 0.4) is 0 Å². The van der Waals surface area contributed by atoms with Crippen LogP contribution in [0.15, 0.2) is 174 Å². The summed E-state index contributed by atoms with van der Waals surface area (Å²) in [6.45, 7) is 4.43. The first kappa shape index (κ1) is 29.8. The van der Waals surface area contributed by atoms with Crippen molar-refractivity contribution in [3.8, 4) is 33.6 Å². The smallest absolute Gasteiger partial charge is 0.136 e. The third kappa shape index (κ3) is 4.47. The Morgan fingerprint density at radius 1 is 0.340 bits per heavy atom. The fraction of sp³-hybridized carbons (Fsp3) is 0.0400. The Kier molecular flexibility index (Phi) is 6.38. The second kappa shape index (κ2) is 11.3. The average molecular weight is 679 g/mol. The SMILES string of the molecule is Cc1ccccc1-c1cc2c(cc1C)c1ccccc1n2-c1ccc(-c2ccc(-n3c4ccccc4c4cc5oc6ccccc6c5cc43)cc2)cc1. The topological polar surface area (TPSA) is 23.0 Å². The maximum absolute atomic E-state index is 6.28. The Morgan fingerprint density at radius 3 is 1.51 bits per heavy atom. The van der Waals surface area contributed by atoms with Crippen molar-refractivity contribution in [1.29, 1.82) is 0 Å². The Balaban J connectivity index is 1.01. The number of rotatable bonds is 4. The molecule has 0 saturated heterocycles. The van der Waals surface area contributed by atoms with Crippen LogP contribution in [-0.4, -0.2) is 9.13 Å². The van der Waals surface area contributed by atoms with Gasteiger partial charge in [-0.3, -0.25) is 0 Å². The standard InChI is InChI=1S/C50H34N2O/c1-31-11-3-4-12-37(31)41-28-47-42(27-32(41)2)38-13-5-8-16-45(38)51(47)35-23-19-33(20-24-35)34-21-25-36(26-22-34)52-46-17-9-6-14-39(46)43-30-50-44(29-48(43)52)40-15-7-10-18-49(40)53-50/h3-30H,1-2H3. The molecule has 0 aliphatic carbocycles. The lowest BCUT2D eigenvalue weighted by molar-refractivity contribution is 0.669. The van der Waals surface area contributed by atoms with Crippen LogP contribution in [0.5, 0.6) is 0 Å². The minimum absolute atomic E-state index is 0.918. The average Bonchev–Trinajstić information content (AvgIpc) is 3.84. The number of benzene rings is 8. The van der Waals surface area contributed by atoms with E-state index >= 15 is 0 Å². The highest BCUT2D eigenvalue weighted by atomic mass is 16.3. The molecule has 0 spiro atoms. The molecule has 11 aromatic rings. The van der Waals surface area contributed by atoms with Gasteiger partial charge in [0.25, 0.3) is 0 Å². The lowest BCUT2D eigenvalue weighted by Gasteiger charge is -2.13. The zero-order valence-corrected chi connectivity index (χ0v) is 29.5. The monoisotopic (exact) mass is 678 g/mol. The molecule has 0 N–H and O–H groups in total. The van der Waals surface area contributed by atoms with E-state index in [-0.39, 0.29) is 0 Å². The number of para-hydroxylation sites is 3. The van der Waals surface area contributed by atoms with E-state index in [1.165, 1.54) is 77.0 Å². The summed E-state index contributed by atoms with van der Waals surface area (Å²) in [6, 6.07) is 61.6. The van der Waals surface area contributed by atoms with Gasteiger partial charge in [0.2, 0.25) is 0 Å². The largest absolute Gasteiger partial charge is 0.456 e. The first-order valence-electron chi connectivity index (χ1n) is 18.3. The summed E-state index contributed by atoms with van der Waals surface area (Å²) < 4.78 is 11.1. The van der Waals surface area contributed by atoms with E-state index in [4.69, 9.17) is 4.42 Å². The Hall–Kier alpha value is -6.84. The van der Waals surface area contributed by atoms with Gasteiger partial charge in [0, 0.05) is 43.7 Å². The van der Waals surface area contributed by atoms with Crippen molar-refractivity contribution in [2.75, 3.05) is 0 Å². The van der Waals surface area contributed by atoms with Crippen LogP contribution in [-0.2, 0) is 0 Å². The quantitative estimate of drug-likeness (QED) is 0.182. The van der Waals surface area contributed by atoms with E-state index in [1.807, 2.05) is 12.1 Å². The summed E-state index contributed by atoms with van der Waals surface area (Å²) in [7, 11) is 0. The van der Waals surface area contributed by atoms with E-state index < -0.39 is 0 Å². The summed E-state index contributed by atoms with van der Waals surface area (Å²) in [5.74, 6) is 0. The molecular weight excluding hydrogens is 645 g/mol. The van der Waals surface area contributed by atoms with Gasteiger partial charge in [0.05, 0.1) is 22.1 Å². The lowest BCUT2D eigenvalue weighted by Crippen LogP contribution is -1.95. The van der Waals surface area contributed by atoms with Gasteiger partial charge in [-0.05, 0) is 114 Å². The molecule has 11 rings (SSSR count). The molecular formula is C50H34N2O. The van der Waals surface area contributed by atoms with E-state index in [0.717, 1.165) is 33.3 Å². The normalized spacial score (nSPS) is 12.0. The van der Waals surface area contributed by atoms with Crippen LogP contribution in [0.2, 0.25) is 0 Å². The molecule has 0 fully saturated rings. The fourth-order valence-corrected chi connectivity index (χ4v) is 8.64. The molecule has 3 aromatic heterocycles. The third-order valence-electron chi connectivity index (χ3n) is 11.2. The van der Waals surface area contributed by atoms with Gasteiger partial charge in [-0.15, -0.1) is 0 Å². The second-order valence-corrected chi connectivity index (χ2v) is 14.3. The molecule has 0 saturated carbocycles. The van der Waals surface area contributed by atoms with Crippen LogP contribution in [0.25, 0.3) is 99.2 Å². The minimum Gasteiger partial charge on any atom is -0.456 e. The predicted molar refractivity (Wildman–Crippen MR) is 223 cm³/mol. The van der Waals surface area contributed by atoms with Crippen molar-refractivity contribution >= 4 is 65.6 Å². The van der Waals surface area contributed by atoms with Crippen molar-refractivity contribution in [2.45, 2.75) is 13.8 Å². The molecule has 3 heterocycles. The molecule has 250 valence electrons. The van der Waals surface area contributed by atoms with Crippen molar-refractivity contribution in [3.63, 3.8) is 0 Å². The molecule has 0 radical (unpaired) electrons. The molecule has 0 amide bonds. The van der Waals surface area contributed by atoms with Gasteiger partial charge in [0.1, 0.15) is 11.2 Å². The number of furan rings is 1. The summed E-state index contributed by atoms with van der Waals surface area (Å²) in [5, 5.41) is 7.24. The number of aryl methyl sites for hydroxylation is 2. The van der Waals surface area contributed by atoms with E-state index in [0.29, 0.717) is 0 Å². The van der Waals surface area contributed by atoms with Gasteiger partial charge in [-0.25, -0.2) is 0 Å². The van der Waals surface area contributed by atoms with Crippen molar-refractivity contribution < 1.29 is 4.42 Å². The number of aromatic nitrogens is 2. The number of fused-ring (bicyclic) bond motifs is 9. The fourth-order valence-electron chi connectivity index (χ4n) is 8.64. The number of nitrogens with zero attached hydrogens (tertiary/aromatic N) is 2. The second-order valence-electron chi connectivity index (χ2n) is 14.3. The van der Waals surface area contributed by atoms with E-state index in [1.54, 1.807) is 0 Å². The first-order valence-corrected chi connectivity index (χ1v) is 18.3. The first-order chi connectivity index (χ1) is 26.1. The molecule has 0 aliphatic heterocycles. The minimum atomic E-state index is 0.918. The highest BCUT2D eigenvalue weighted by molar-refractivity contribution is 6.17. The van der Waals surface area contributed by atoms with Crippen LogP contribution in [0, 0.1) is 13.8 Å². The van der Waals surface area contributed by atoms with Crippen LogP contribution < -0.4 is 0 Å². The molecule has 0 unspecified atom stereocenters. The molecule has 8 aromatic carbocycles. The molecule has 0 aliphatic rings. The van der Waals surface area contributed by atoms with E-state index in [9.17, 15) is 0 Å². The summed E-state index contributed by atoms with van der Waals surface area (Å²) in [6.07, 6.45) is 0. The van der Waals surface area contributed by atoms with Crippen LogP contribution in [0.1, 0.15) is 11.1 Å². The highest BCUT2D eigenvalue weighted by Gasteiger charge is 2.18. The summed E-state index contributed by atoms with van der Waals surface area (Å²) in [5.41, 5.74) is 16.4. The Labute approximate surface area is 306 Å². The van der Waals surface area contributed by atoms with Gasteiger partial charge in [-0.1, -0.05) is 103 Å². The number of hydrogen-bond acceptors (Lipinski definition) is 1. The third-order valence-corrected chi connectivity index (χ3v) is 11.2. The molecule has 3 heteroatoms. The summed E-state index contributed by atoms with van der Waals surface area (Å²) >= 11 is 0. The zero-order valence-electron chi connectivity index (χ0n) is 29.5. The van der Waals surface area contributed by atoms with Gasteiger partial charge < -0.3 is 13.6 Å². The van der Waals surface area contributed by atoms with Crippen LogP contribution in [0.4, 0.5) is 0 Å². The van der Waals surface area contributed by atoms with Gasteiger partial charge >= 0.3 is 0 Å². The Morgan fingerprint density at radius 2 is 0.868 bits per heavy atom. The van der Waals surface area contributed by atoms with Crippen molar-refractivity contribution in [3.05, 3.63) is 181 Å². The van der Waals surface area contributed by atoms with Crippen molar-refractivity contribution in [2.24, 2.45) is 0 Å². The highest BCUT2D eigenvalue weighted by Crippen LogP contribution is 2.40. The van der Waals surface area contributed by atoms with Crippen molar-refractivity contribution in [1.82, 2.24) is 9.13 Å². The predicted octanol–water partition coefficient (Wildman–Crippen LogP) is 13.7. The molecule has 0 bridgehead atoms. The zero-order chi connectivity index (χ0) is 35.2. The van der Waals surface area contributed by atoms with Gasteiger partial charge in [0.15, 0.2) is 0 Å².